The van der Waals surface area contributed by atoms with Crippen LogP contribution in [0, 0.1) is 12.0 Å². The van der Waals surface area contributed by atoms with E-state index < -0.39 is 0 Å². The van der Waals surface area contributed by atoms with Gasteiger partial charge in [0.1, 0.15) is 0 Å². The Kier molecular flexibility index (Phi) is 0.991. The van der Waals surface area contributed by atoms with Crippen LogP contribution in [0.25, 0.3) is 0 Å². The quantitative estimate of drug-likeness (QED) is 0.419. The molecule has 0 bridgehead atoms. The van der Waals surface area contributed by atoms with Gasteiger partial charge in [-0.3, -0.25) is 0 Å². The van der Waals surface area contributed by atoms with Crippen LogP contribution in [0.5, 0.6) is 0 Å². The predicted molar refractivity (Wildman–Crippen MR) is 28.9 cm³/mol. The average Bonchev–Trinajstić information content (AvgIpc) is 1.69. The van der Waals surface area contributed by atoms with Crippen LogP contribution in [0.4, 0.5) is 0 Å². The van der Waals surface area contributed by atoms with Crippen molar-refractivity contribution in [3.63, 3.8) is 0 Å². The Labute approximate surface area is 42.6 Å². The van der Waals surface area contributed by atoms with Gasteiger partial charge in [0.05, 0.1) is 12.4 Å². The second kappa shape index (κ2) is 1.65. The average molecular weight is 94.1 g/mol. The lowest BCUT2D eigenvalue weighted by Gasteiger charge is -2.02. The molecule has 0 aliphatic carbocycles. The van der Waals surface area contributed by atoms with Gasteiger partial charge in [0.2, 0.25) is 0 Å². The van der Waals surface area contributed by atoms with E-state index in [4.69, 9.17) is 0 Å². The van der Waals surface area contributed by atoms with E-state index in [0.717, 1.165) is 0 Å². The zero-order valence-electron chi connectivity index (χ0n) is 4.10. The number of hydrogen-bond acceptors (Lipinski definition) is 2. The van der Waals surface area contributed by atoms with Gasteiger partial charge in [-0.05, 0) is 6.92 Å². The molecule has 1 heterocycles. The molecule has 1 atom stereocenters. The van der Waals surface area contributed by atoms with Crippen LogP contribution in [0.15, 0.2) is 4.99 Å². The molecule has 1 N–H and O–H groups in total. The van der Waals surface area contributed by atoms with Crippen LogP contribution in [-0.4, -0.2) is 12.4 Å². The van der Waals surface area contributed by atoms with Crippen LogP contribution in [0.2, 0.25) is 0 Å². The Balaban J connectivity index is 2.59. The van der Waals surface area contributed by atoms with E-state index in [2.05, 4.69) is 22.3 Å². The maximum Gasteiger partial charge on any atom is 0.0997 e. The Hall–Kier alpha value is -0.970. The molecule has 1 aliphatic heterocycles. The molecule has 0 fully saturated rings. The summed E-state index contributed by atoms with van der Waals surface area (Å²) >= 11 is 0. The highest BCUT2D eigenvalue weighted by molar-refractivity contribution is 5.59. The molecule has 0 saturated carbocycles. The summed E-state index contributed by atoms with van der Waals surface area (Å²) in [4.78, 5) is 3.63. The van der Waals surface area contributed by atoms with E-state index in [1.54, 1.807) is 6.34 Å². The molecule has 2 nitrogen and oxygen atoms in total. The number of aliphatic imine (C=N–C) groups is 1. The summed E-state index contributed by atoms with van der Waals surface area (Å²) < 4.78 is 0. The molecular formula is C5H6N2. The predicted octanol–water partition coefficient (Wildman–Crippen LogP) is -0.0327. The summed E-state index contributed by atoms with van der Waals surface area (Å²) in [5.74, 6) is 2.82. The van der Waals surface area contributed by atoms with Crippen molar-refractivity contribution < 1.29 is 0 Å². The fraction of sp³-hybridized carbons (Fsp3) is 0.400. The third-order valence-electron chi connectivity index (χ3n) is 0.735. The molecule has 0 radical (unpaired) electrons. The van der Waals surface area contributed by atoms with E-state index in [9.17, 15) is 0 Å². The third kappa shape index (κ3) is 0.934. The molecule has 1 unspecified atom stereocenters. The molecule has 0 aromatic carbocycles. The molecule has 0 aromatic heterocycles. The van der Waals surface area contributed by atoms with Crippen molar-refractivity contribution in [2.75, 3.05) is 0 Å². The smallest absolute Gasteiger partial charge is 0.0997 e. The number of rotatable bonds is 0. The molecule has 0 saturated heterocycles. The molecular weight excluding hydrogens is 88.1 g/mol. The Bertz CT molecular complexity index is 138. The minimum atomic E-state index is 0.275. The molecule has 36 valence electrons. The zero-order chi connectivity index (χ0) is 5.11. The normalized spacial score (nSPS) is 25.0. The monoisotopic (exact) mass is 94.1 g/mol. The van der Waals surface area contributed by atoms with Crippen LogP contribution in [-0.2, 0) is 0 Å². The highest BCUT2D eigenvalue weighted by atomic mass is 15.0. The van der Waals surface area contributed by atoms with Gasteiger partial charge in [-0.25, -0.2) is 0 Å². The van der Waals surface area contributed by atoms with Gasteiger partial charge >= 0.3 is 0 Å². The lowest BCUT2D eigenvalue weighted by molar-refractivity contribution is 0.837. The SMILES string of the molecule is CC1C#CN=CN1. The first-order valence-electron chi connectivity index (χ1n) is 2.18. The maximum atomic E-state index is 3.63. The topological polar surface area (TPSA) is 24.4 Å². The molecule has 1 rings (SSSR count). The molecule has 0 aromatic rings. The Morgan fingerprint density at radius 3 is 3.00 bits per heavy atom. The summed E-state index contributed by atoms with van der Waals surface area (Å²) in [6.45, 7) is 1.98. The van der Waals surface area contributed by atoms with Gasteiger partial charge in [-0.1, -0.05) is 5.92 Å². The van der Waals surface area contributed by atoms with E-state index in [0.29, 0.717) is 0 Å². The summed E-state index contributed by atoms with van der Waals surface area (Å²) in [7, 11) is 0. The van der Waals surface area contributed by atoms with Crippen molar-refractivity contribution >= 4 is 6.34 Å². The minimum Gasteiger partial charge on any atom is -0.362 e. The van der Waals surface area contributed by atoms with E-state index in [1.165, 1.54) is 0 Å². The van der Waals surface area contributed by atoms with Gasteiger partial charge < -0.3 is 5.32 Å². The largest absolute Gasteiger partial charge is 0.362 e. The van der Waals surface area contributed by atoms with E-state index >= 15 is 0 Å². The lowest BCUT2D eigenvalue weighted by Crippen LogP contribution is -2.24. The first kappa shape index (κ1) is 4.20. The standard InChI is InChI=1S/C5H6N2/c1-5-2-3-6-4-7-5/h4-5H,1H3,(H,6,7). The summed E-state index contributed by atoms with van der Waals surface area (Å²) in [5.41, 5.74) is 0. The molecule has 2 heteroatoms. The van der Waals surface area contributed by atoms with Gasteiger partial charge in [0, 0.05) is 6.04 Å². The van der Waals surface area contributed by atoms with Crippen molar-refractivity contribution in [2.24, 2.45) is 4.99 Å². The number of nitrogens with zero attached hydrogens (tertiary/aromatic N) is 1. The molecule has 0 spiro atoms. The fourth-order valence-electron chi connectivity index (χ4n) is 0.357. The minimum absolute atomic E-state index is 0.275. The van der Waals surface area contributed by atoms with Crippen molar-refractivity contribution in [3.8, 4) is 12.0 Å². The zero-order valence-corrected chi connectivity index (χ0v) is 4.10. The molecule has 0 amide bonds. The number of hydrogen-bond donors (Lipinski definition) is 1. The van der Waals surface area contributed by atoms with Gasteiger partial charge in [0.15, 0.2) is 0 Å². The van der Waals surface area contributed by atoms with Gasteiger partial charge in [-0.15, -0.1) is 0 Å². The Morgan fingerprint density at radius 1 is 1.86 bits per heavy atom. The molecule has 1 aliphatic rings. The van der Waals surface area contributed by atoms with Crippen molar-refractivity contribution in [1.29, 1.82) is 0 Å². The van der Waals surface area contributed by atoms with Gasteiger partial charge in [0.25, 0.3) is 0 Å². The van der Waals surface area contributed by atoms with Crippen LogP contribution < -0.4 is 5.32 Å². The van der Waals surface area contributed by atoms with Crippen LogP contribution in [0.1, 0.15) is 6.92 Å². The van der Waals surface area contributed by atoms with Crippen LogP contribution in [0.3, 0.4) is 0 Å². The highest BCUT2D eigenvalue weighted by Gasteiger charge is 1.90. The van der Waals surface area contributed by atoms with E-state index in [1.807, 2.05) is 6.92 Å². The molecule has 7 heavy (non-hydrogen) atoms. The maximum absolute atomic E-state index is 3.63. The summed E-state index contributed by atoms with van der Waals surface area (Å²) in [6, 6.07) is 2.87. The van der Waals surface area contributed by atoms with Crippen molar-refractivity contribution in [3.05, 3.63) is 0 Å². The lowest BCUT2D eigenvalue weighted by atomic mass is 10.3. The second-order valence-corrected chi connectivity index (χ2v) is 1.40. The summed E-state index contributed by atoms with van der Waals surface area (Å²) in [6.07, 6.45) is 1.61. The number of nitrogens with one attached hydrogen (secondary N) is 1. The van der Waals surface area contributed by atoms with E-state index in [-0.39, 0.29) is 6.04 Å². The van der Waals surface area contributed by atoms with Crippen LogP contribution >= 0.6 is 0 Å². The van der Waals surface area contributed by atoms with Crippen molar-refractivity contribution in [2.45, 2.75) is 13.0 Å². The third-order valence-corrected chi connectivity index (χ3v) is 0.735. The van der Waals surface area contributed by atoms with Crippen molar-refractivity contribution in [1.82, 2.24) is 5.32 Å². The second-order valence-electron chi connectivity index (χ2n) is 1.40. The fourth-order valence-corrected chi connectivity index (χ4v) is 0.357. The first-order valence-corrected chi connectivity index (χ1v) is 2.18. The first-order chi connectivity index (χ1) is 3.39. The Morgan fingerprint density at radius 2 is 2.71 bits per heavy atom. The van der Waals surface area contributed by atoms with Gasteiger partial charge in [-0.2, -0.15) is 4.99 Å². The summed E-state index contributed by atoms with van der Waals surface area (Å²) in [5, 5.41) is 2.92. The highest BCUT2D eigenvalue weighted by Crippen LogP contribution is 1.77.